The molecule has 2 heterocycles. The number of nitrogens with one attached hydrogen (secondary N) is 2. The minimum absolute atomic E-state index is 0.0835. The second-order valence-corrected chi connectivity index (χ2v) is 8.93. The van der Waals surface area contributed by atoms with Gasteiger partial charge >= 0.3 is 12.1 Å². The van der Waals surface area contributed by atoms with Crippen LogP contribution in [0.2, 0.25) is 0 Å². The van der Waals surface area contributed by atoms with Crippen molar-refractivity contribution in [3.05, 3.63) is 36.0 Å². The van der Waals surface area contributed by atoms with Gasteiger partial charge in [0.2, 0.25) is 0 Å². The van der Waals surface area contributed by atoms with Gasteiger partial charge < -0.3 is 44.9 Å². The van der Waals surface area contributed by atoms with Gasteiger partial charge in [-0.25, -0.2) is 9.59 Å². The lowest BCUT2D eigenvalue weighted by Gasteiger charge is -2.38. The number of aromatic nitrogens is 1. The molecule has 2 aromatic rings. The highest BCUT2D eigenvalue weighted by Gasteiger charge is 2.43. The molecule has 182 valence electrons. The number of ether oxygens (including phenoxy) is 3. The highest BCUT2D eigenvalue weighted by Crippen LogP contribution is 2.22. The number of H-pyrrole nitrogens is 1. The quantitative estimate of drug-likeness (QED) is 0.319. The van der Waals surface area contributed by atoms with Crippen LogP contribution in [-0.2, 0) is 25.4 Å². The molecule has 11 heteroatoms. The number of amides is 1. The Balaban J connectivity index is 1.72. The van der Waals surface area contributed by atoms with Crippen molar-refractivity contribution >= 4 is 23.0 Å². The molecule has 33 heavy (non-hydrogen) atoms. The topological polar surface area (TPSA) is 171 Å². The lowest BCUT2D eigenvalue weighted by Crippen LogP contribution is -2.59. The first-order valence-corrected chi connectivity index (χ1v) is 10.5. The Kier molecular flexibility index (Phi) is 7.60. The fourth-order valence-corrected chi connectivity index (χ4v) is 3.50. The molecule has 6 N–H and O–H groups in total. The van der Waals surface area contributed by atoms with Gasteiger partial charge in [0, 0.05) is 23.5 Å². The second kappa shape index (κ2) is 10.1. The van der Waals surface area contributed by atoms with Gasteiger partial charge in [-0.1, -0.05) is 18.2 Å². The number of hydrogen-bond acceptors (Lipinski definition) is 9. The maximum absolute atomic E-state index is 12.9. The Bertz CT molecular complexity index is 970. The van der Waals surface area contributed by atoms with E-state index in [0.29, 0.717) is 0 Å². The first-order valence-electron chi connectivity index (χ1n) is 10.5. The standard InChI is InChI=1S/C22H30N2O9/c1-22(2,3)33-21(30)24-14(8-11-9-23-13-7-5-4-6-12(11)13)19(28)31-10-15-16(25)17(26)18(27)20(29)32-15/h4-7,9,14-18,20,23,25-27,29H,8,10H2,1-3H3,(H,24,30)/t14-,15-,16-,17+,18-,20+/m1/s1. The predicted octanol–water partition coefficient (Wildman–Crippen LogP) is -0.0532. The number of para-hydroxylation sites is 1. The fraction of sp³-hybridized carbons (Fsp3) is 0.545. The molecule has 6 atom stereocenters. The Morgan fingerprint density at radius 3 is 2.52 bits per heavy atom. The molecule has 0 bridgehead atoms. The van der Waals surface area contributed by atoms with E-state index in [1.165, 1.54) is 0 Å². The highest BCUT2D eigenvalue weighted by molar-refractivity contribution is 5.86. The van der Waals surface area contributed by atoms with Crippen molar-refractivity contribution in [1.82, 2.24) is 10.3 Å². The molecule has 0 aliphatic carbocycles. The molecule has 1 aromatic carbocycles. The van der Waals surface area contributed by atoms with Crippen LogP contribution in [0.3, 0.4) is 0 Å². The van der Waals surface area contributed by atoms with Crippen molar-refractivity contribution in [1.29, 1.82) is 0 Å². The number of aliphatic hydroxyl groups excluding tert-OH is 4. The largest absolute Gasteiger partial charge is 0.461 e. The van der Waals surface area contributed by atoms with Crippen LogP contribution in [-0.4, -0.2) is 86.4 Å². The minimum atomic E-state index is -1.76. The summed E-state index contributed by atoms with van der Waals surface area (Å²) in [5.74, 6) is -0.836. The van der Waals surface area contributed by atoms with E-state index >= 15 is 0 Å². The Morgan fingerprint density at radius 1 is 1.12 bits per heavy atom. The number of benzene rings is 1. The summed E-state index contributed by atoms with van der Waals surface area (Å²) in [6.07, 6.45) is -7.01. The first kappa shape index (κ1) is 24.9. The molecule has 3 rings (SSSR count). The van der Waals surface area contributed by atoms with E-state index in [1.54, 1.807) is 27.0 Å². The van der Waals surface area contributed by atoms with Crippen molar-refractivity contribution in [2.45, 2.75) is 69.5 Å². The molecule has 0 saturated carbocycles. The van der Waals surface area contributed by atoms with E-state index in [4.69, 9.17) is 14.2 Å². The van der Waals surface area contributed by atoms with E-state index in [0.717, 1.165) is 16.5 Å². The number of fused-ring (bicyclic) bond motifs is 1. The summed E-state index contributed by atoms with van der Waals surface area (Å²) < 4.78 is 15.5. The second-order valence-electron chi connectivity index (χ2n) is 8.93. The predicted molar refractivity (Wildman–Crippen MR) is 115 cm³/mol. The molecular formula is C22H30N2O9. The molecular weight excluding hydrogens is 436 g/mol. The van der Waals surface area contributed by atoms with Crippen LogP contribution in [0, 0.1) is 0 Å². The maximum Gasteiger partial charge on any atom is 0.408 e. The number of aromatic amines is 1. The SMILES string of the molecule is CC(C)(C)OC(=O)N[C@H](Cc1c[nH]c2ccccc12)C(=O)OC[C@H]1O[C@H](O)[C@H](O)[C@@H](O)[C@@H]1O. The van der Waals surface area contributed by atoms with Crippen LogP contribution in [0.1, 0.15) is 26.3 Å². The van der Waals surface area contributed by atoms with Gasteiger partial charge in [-0.3, -0.25) is 0 Å². The van der Waals surface area contributed by atoms with E-state index in [1.807, 2.05) is 24.3 Å². The van der Waals surface area contributed by atoms with E-state index in [2.05, 4.69) is 10.3 Å². The van der Waals surface area contributed by atoms with Crippen LogP contribution < -0.4 is 5.32 Å². The van der Waals surface area contributed by atoms with Gasteiger partial charge in [0.15, 0.2) is 6.29 Å². The van der Waals surface area contributed by atoms with Crippen molar-refractivity contribution in [2.75, 3.05) is 6.61 Å². The maximum atomic E-state index is 12.9. The van der Waals surface area contributed by atoms with E-state index < -0.39 is 61.0 Å². The molecule has 1 fully saturated rings. The van der Waals surface area contributed by atoms with Crippen molar-refractivity contribution < 1.29 is 44.2 Å². The number of alkyl carbamates (subject to hydrolysis) is 1. The summed E-state index contributed by atoms with van der Waals surface area (Å²) in [5.41, 5.74) is 0.829. The van der Waals surface area contributed by atoms with Gasteiger partial charge in [-0.2, -0.15) is 0 Å². The van der Waals surface area contributed by atoms with Crippen LogP contribution in [0.4, 0.5) is 4.79 Å². The number of rotatable bonds is 6. The number of aliphatic hydroxyl groups is 4. The third-order valence-corrected chi connectivity index (χ3v) is 5.15. The van der Waals surface area contributed by atoms with Gasteiger partial charge in [0.05, 0.1) is 0 Å². The molecule has 1 saturated heterocycles. The van der Waals surface area contributed by atoms with Crippen LogP contribution >= 0.6 is 0 Å². The molecule has 11 nitrogen and oxygen atoms in total. The Morgan fingerprint density at radius 2 is 1.82 bits per heavy atom. The summed E-state index contributed by atoms with van der Waals surface area (Å²) in [4.78, 5) is 28.3. The van der Waals surface area contributed by atoms with Crippen molar-refractivity contribution in [3.63, 3.8) is 0 Å². The van der Waals surface area contributed by atoms with Crippen molar-refractivity contribution in [2.24, 2.45) is 0 Å². The minimum Gasteiger partial charge on any atom is -0.461 e. The average Bonchev–Trinajstić information content (AvgIpc) is 3.14. The normalized spacial score (nSPS) is 26.6. The van der Waals surface area contributed by atoms with Gasteiger partial charge in [-0.05, 0) is 32.4 Å². The number of hydrogen-bond donors (Lipinski definition) is 6. The third kappa shape index (κ3) is 6.21. The number of carbonyl (C=O) groups excluding carboxylic acids is 2. The van der Waals surface area contributed by atoms with Crippen LogP contribution in [0.5, 0.6) is 0 Å². The molecule has 0 radical (unpaired) electrons. The van der Waals surface area contributed by atoms with E-state index in [-0.39, 0.29) is 6.42 Å². The molecule has 1 aliphatic heterocycles. The molecule has 0 spiro atoms. The molecule has 1 aromatic heterocycles. The van der Waals surface area contributed by atoms with Gasteiger partial charge in [0.25, 0.3) is 0 Å². The zero-order chi connectivity index (χ0) is 24.3. The highest BCUT2D eigenvalue weighted by atomic mass is 16.7. The lowest BCUT2D eigenvalue weighted by atomic mass is 9.99. The number of esters is 1. The summed E-state index contributed by atoms with van der Waals surface area (Å²) in [7, 11) is 0. The Labute approximate surface area is 190 Å². The summed E-state index contributed by atoms with van der Waals surface area (Å²) >= 11 is 0. The lowest BCUT2D eigenvalue weighted by molar-refractivity contribution is -0.287. The average molecular weight is 466 g/mol. The van der Waals surface area contributed by atoms with Gasteiger partial charge in [0.1, 0.15) is 42.7 Å². The monoisotopic (exact) mass is 466 g/mol. The molecule has 1 amide bonds. The fourth-order valence-electron chi connectivity index (χ4n) is 3.50. The van der Waals surface area contributed by atoms with E-state index in [9.17, 15) is 30.0 Å². The first-order chi connectivity index (χ1) is 15.5. The summed E-state index contributed by atoms with van der Waals surface area (Å²) in [6, 6.07) is 6.32. The molecule has 1 aliphatic rings. The zero-order valence-electron chi connectivity index (χ0n) is 18.6. The third-order valence-electron chi connectivity index (χ3n) is 5.15. The van der Waals surface area contributed by atoms with Crippen LogP contribution in [0.25, 0.3) is 10.9 Å². The number of carbonyl (C=O) groups is 2. The summed E-state index contributed by atoms with van der Waals surface area (Å²) in [6.45, 7) is 4.53. The molecule has 0 unspecified atom stereocenters. The van der Waals surface area contributed by atoms with Crippen molar-refractivity contribution in [3.8, 4) is 0 Å². The Hall–Kier alpha value is -2.70. The van der Waals surface area contributed by atoms with Crippen LogP contribution in [0.15, 0.2) is 30.5 Å². The summed E-state index contributed by atoms with van der Waals surface area (Å²) in [5, 5.41) is 42.4. The van der Waals surface area contributed by atoms with Gasteiger partial charge in [-0.15, -0.1) is 0 Å². The smallest absolute Gasteiger partial charge is 0.408 e. The zero-order valence-corrected chi connectivity index (χ0v) is 18.6.